The van der Waals surface area contributed by atoms with Crippen molar-refractivity contribution in [3.8, 4) is 0 Å². The SMILES string of the molecule is COCCOC(=O)C1=C(C)N=C2SCCCN2C1c1ccc(NC(=O)c2ccc3ccccc3c2)cc1. The van der Waals surface area contributed by atoms with Crippen LogP contribution in [0.4, 0.5) is 5.69 Å². The van der Waals surface area contributed by atoms with Gasteiger partial charge in [-0.05, 0) is 53.9 Å². The first-order chi connectivity index (χ1) is 18.0. The van der Waals surface area contributed by atoms with Crippen molar-refractivity contribution >= 4 is 45.3 Å². The molecule has 1 saturated heterocycles. The van der Waals surface area contributed by atoms with Crippen molar-refractivity contribution in [2.45, 2.75) is 19.4 Å². The van der Waals surface area contributed by atoms with Gasteiger partial charge in [0.1, 0.15) is 6.61 Å². The number of hydrogen-bond donors (Lipinski definition) is 1. The topological polar surface area (TPSA) is 80.2 Å². The lowest BCUT2D eigenvalue weighted by Gasteiger charge is -2.40. The molecule has 190 valence electrons. The van der Waals surface area contributed by atoms with Crippen LogP contribution >= 0.6 is 11.8 Å². The zero-order valence-electron chi connectivity index (χ0n) is 20.9. The van der Waals surface area contributed by atoms with E-state index in [0.29, 0.717) is 29.1 Å². The molecule has 7 nitrogen and oxygen atoms in total. The van der Waals surface area contributed by atoms with Crippen LogP contribution in [0.2, 0.25) is 0 Å². The second-order valence-electron chi connectivity index (χ2n) is 8.96. The highest BCUT2D eigenvalue weighted by atomic mass is 32.2. The van der Waals surface area contributed by atoms with Gasteiger partial charge in [0.2, 0.25) is 0 Å². The number of aliphatic imine (C=N–C) groups is 1. The van der Waals surface area contributed by atoms with Crippen molar-refractivity contribution in [3.05, 3.63) is 89.1 Å². The standard InChI is InChI=1S/C29H29N3O4S/c1-19-25(28(34)36-16-15-35-2)26(32-14-5-17-37-29(32)30-19)21-10-12-24(13-11-21)31-27(33)23-9-8-20-6-3-4-7-22(20)18-23/h3-4,6-13,18,26H,5,14-17H2,1-2H3,(H,31,33). The van der Waals surface area contributed by atoms with Crippen LogP contribution in [0.5, 0.6) is 0 Å². The second kappa shape index (κ2) is 11.2. The fourth-order valence-corrected chi connectivity index (χ4v) is 5.67. The van der Waals surface area contributed by atoms with Crippen LogP contribution in [-0.2, 0) is 14.3 Å². The van der Waals surface area contributed by atoms with Crippen molar-refractivity contribution in [3.63, 3.8) is 0 Å². The number of rotatable bonds is 7. The van der Waals surface area contributed by atoms with Gasteiger partial charge in [-0.15, -0.1) is 0 Å². The summed E-state index contributed by atoms with van der Waals surface area (Å²) in [6, 6.07) is 21.0. The van der Waals surface area contributed by atoms with Gasteiger partial charge >= 0.3 is 5.97 Å². The maximum absolute atomic E-state index is 13.1. The van der Waals surface area contributed by atoms with Crippen LogP contribution in [0.25, 0.3) is 10.8 Å². The normalized spacial score (nSPS) is 17.3. The second-order valence-corrected chi connectivity index (χ2v) is 10.0. The Bertz CT molecular complexity index is 1380. The Hall–Kier alpha value is -3.62. The minimum atomic E-state index is -0.383. The molecule has 1 atom stereocenters. The van der Waals surface area contributed by atoms with Crippen LogP contribution in [0.1, 0.15) is 35.3 Å². The number of methoxy groups -OCH3 is 1. The Morgan fingerprint density at radius 3 is 2.62 bits per heavy atom. The number of carbonyl (C=O) groups excluding carboxylic acids is 2. The Labute approximate surface area is 220 Å². The molecule has 1 unspecified atom stereocenters. The fraction of sp³-hybridized carbons (Fsp3) is 0.276. The molecule has 8 heteroatoms. The number of esters is 1. The lowest BCUT2D eigenvalue weighted by molar-refractivity contribution is -0.141. The average molecular weight is 516 g/mol. The Morgan fingerprint density at radius 1 is 1.05 bits per heavy atom. The van der Waals surface area contributed by atoms with E-state index in [1.807, 2.05) is 73.7 Å². The number of ether oxygens (including phenoxy) is 2. The van der Waals surface area contributed by atoms with Gasteiger partial charge in [0.15, 0.2) is 5.17 Å². The van der Waals surface area contributed by atoms with Gasteiger partial charge in [-0.25, -0.2) is 9.79 Å². The van der Waals surface area contributed by atoms with E-state index < -0.39 is 0 Å². The number of amides is 1. The summed E-state index contributed by atoms with van der Waals surface area (Å²) in [4.78, 5) is 32.9. The third-order valence-corrected chi connectivity index (χ3v) is 7.57. The molecular formula is C29H29N3O4S. The maximum atomic E-state index is 13.1. The molecule has 0 saturated carbocycles. The average Bonchev–Trinajstić information content (AvgIpc) is 2.92. The van der Waals surface area contributed by atoms with E-state index >= 15 is 0 Å². The molecule has 2 aliphatic heterocycles. The van der Waals surface area contributed by atoms with Gasteiger partial charge in [0.05, 0.1) is 23.9 Å². The molecule has 1 fully saturated rings. The first-order valence-electron chi connectivity index (χ1n) is 12.3. The van der Waals surface area contributed by atoms with Crippen molar-refractivity contribution < 1.29 is 19.1 Å². The van der Waals surface area contributed by atoms with Crippen LogP contribution in [0.3, 0.4) is 0 Å². The molecule has 1 amide bonds. The van der Waals surface area contributed by atoms with Crippen molar-refractivity contribution in [1.29, 1.82) is 0 Å². The number of fused-ring (bicyclic) bond motifs is 2. The highest BCUT2D eigenvalue weighted by molar-refractivity contribution is 8.13. The molecule has 3 aromatic rings. The smallest absolute Gasteiger partial charge is 0.338 e. The third-order valence-electron chi connectivity index (χ3n) is 6.49. The van der Waals surface area contributed by atoms with Crippen LogP contribution in [-0.4, -0.2) is 54.6 Å². The molecule has 0 radical (unpaired) electrons. The van der Waals surface area contributed by atoms with E-state index in [-0.39, 0.29) is 24.5 Å². The number of benzene rings is 3. The zero-order chi connectivity index (χ0) is 25.8. The molecule has 0 spiro atoms. The van der Waals surface area contributed by atoms with Crippen molar-refractivity contribution in [1.82, 2.24) is 4.90 Å². The van der Waals surface area contributed by atoms with E-state index in [2.05, 4.69) is 10.2 Å². The summed E-state index contributed by atoms with van der Waals surface area (Å²) >= 11 is 1.71. The van der Waals surface area contributed by atoms with Crippen molar-refractivity contribution in [2.75, 3.05) is 37.9 Å². The van der Waals surface area contributed by atoms with E-state index in [1.54, 1.807) is 18.9 Å². The predicted octanol–water partition coefficient (Wildman–Crippen LogP) is 5.41. The molecule has 0 aromatic heterocycles. The van der Waals surface area contributed by atoms with Gasteiger partial charge in [-0.3, -0.25) is 4.79 Å². The number of anilines is 1. The number of amidine groups is 1. The van der Waals surface area contributed by atoms with Gasteiger partial charge in [0, 0.05) is 30.7 Å². The number of allylic oxidation sites excluding steroid dienone is 1. The molecule has 0 aliphatic carbocycles. The molecule has 2 heterocycles. The molecule has 2 aliphatic rings. The van der Waals surface area contributed by atoms with E-state index in [9.17, 15) is 9.59 Å². The fourth-order valence-electron chi connectivity index (χ4n) is 4.65. The van der Waals surface area contributed by atoms with E-state index in [1.165, 1.54) is 0 Å². The van der Waals surface area contributed by atoms with E-state index in [4.69, 9.17) is 14.5 Å². The van der Waals surface area contributed by atoms with Crippen LogP contribution < -0.4 is 5.32 Å². The number of nitrogens with one attached hydrogen (secondary N) is 1. The van der Waals surface area contributed by atoms with Gasteiger partial charge < -0.3 is 19.7 Å². The van der Waals surface area contributed by atoms with Gasteiger partial charge in [-0.2, -0.15) is 0 Å². The first kappa shape index (κ1) is 25.0. The molecular weight excluding hydrogens is 486 g/mol. The minimum Gasteiger partial charge on any atom is -0.460 e. The number of nitrogens with zero attached hydrogens (tertiary/aromatic N) is 2. The molecule has 3 aromatic carbocycles. The summed E-state index contributed by atoms with van der Waals surface area (Å²) in [6.45, 7) is 3.18. The summed E-state index contributed by atoms with van der Waals surface area (Å²) in [5.74, 6) is 0.450. The largest absolute Gasteiger partial charge is 0.460 e. The molecule has 1 N–H and O–H groups in total. The van der Waals surface area contributed by atoms with Crippen molar-refractivity contribution in [2.24, 2.45) is 4.99 Å². The number of carbonyl (C=O) groups is 2. The number of hydrogen-bond acceptors (Lipinski definition) is 7. The quantitative estimate of drug-likeness (QED) is 0.335. The lowest BCUT2D eigenvalue weighted by Crippen LogP contribution is -2.42. The summed E-state index contributed by atoms with van der Waals surface area (Å²) in [6.07, 6.45) is 1.01. The first-order valence-corrected chi connectivity index (χ1v) is 13.3. The Kier molecular flexibility index (Phi) is 7.58. The summed E-state index contributed by atoms with van der Waals surface area (Å²) in [7, 11) is 1.57. The van der Waals surface area contributed by atoms with E-state index in [0.717, 1.165) is 40.2 Å². The Morgan fingerprint density at radius 2 is 1.84 bits per heavy atom. The zero-order valence-corrected chi connectivity index (χ0v) is 21.7. The maximum Gasteiger partial charge on any atom is 0.338 e. The lowest BCUT2D eigenvalue weighted by atomic mass is 9.94. The molecule has 37 heavy (non-hydrogen) atoms. The molecule has 5 rings (SSSR count). The summed E-state index contributed by atoms with van der Waals surface area (Å²) in [5.41, 5.74) is 3.43. The minimum absolute atomic E-state index is 0.170. The van der Waals surface area contributed by atoms with Crippen LogP contribution in [0, 0.1) is 0 Å². The van der Waals surface area contributed by atoms with Crippen LogP contribution in [0.15, 0.2) is 83.0 Å². The predicted molar refractivity (Wildman–Crippen MR) is 148 cm³/mol. The molecule has 0 bridgehead atoms. The summed E-state index contributed by atoms with van der Waals surface area (Å²) in [5, 5.41) is 6.03. The third kappa shape index (κ3) is 5.40. The van der Waals surface area contributed by atoms with Gasteiger partial charge in [-0.1, -0.05) is 54.2 Å². The van der Waals surface area contributed by atoms with Gasteiger partial charge in [0.25, 0.3) is 5.91 Å². The summed E-state index contributed by atoms with van der Waals surface area (Å²) < 4.78 is 10.5. The monoisotopic (exact) mass is 515 g/mol. The highest BCUT2D eigenvalue weighted by Gasteiger charge is 2.37. The Balaban J connectivity index is 1.38. The highest BCUT2D eigenvalue weighted by Crippen LogP contribution is 2.40. The number of thioether (sulfide) groups is 1.